The maximum atomic E-state index is 12.5. The van der Waals surface area contributed by atoms with Gasteiger partial charge in [-0.1, -0.05) is 28.1 Å². The third kappa shape index (κ3) is 3.55. The quantitative estimate of drug-likeness (QED) is 0.700. The molecular weight excluding hydrogens is 392 g/mol. The number of para-hydroxylation sites is 1. The van der Waals surface area contributed by atoms with Gasteiger partial charge in [0.25, 0.3) is 0 Å². The van der Waals surface area contributed by atoms with Crippen molar-refractivity contribution in [3.63, 3.8) is 0 Å². The minimum atomic E-state index is 0.0306. The van der Waals surface area contributed by atoms with E-state index in [0.717, 1.165) is 52.8 Å². The van der Waals surface area contributed by atoms with Crippen LogP contribution in [-0.2, 0) is 4.79 Å². The van der Waals surface area contributed by atoms with Crippen LogP contribution in [0.2, 0.25) is 0 Å². The minimum absolute atomic E-state index is 0.0306. The van der Waals surface area contributed by atoms with Crippen LogP contribution >= 0.6 is 15.9 Å². The summed E-state index contributed by atoms with van der Waals surface area (Å²) in [6.45, 7) is 1.64. The summed E-state index contributed by atoms with van der Waals surface area (Å²) in [4.78, 5) is 23.6. The van der Waals surface area contributed by atoms with E-state index in [2.05, 4.69) is 42.2 Å². The monoisotopic (exact) mass is 410 g/mol. The molecule has 1 saturated heterocycles. The van der Waals surface area contributed by atoms with Crippen molar-refractivity contribution >= 4 is 44.2 Å². The zero-order chi connectivity index (χ0) is 17.9. The molecule has 1 aliphatic rings. The number of fused-ring (bicyclic) bond motifs is 1. The molecule has 0 radical (unpaired) electrons. The maximum Gasteiger partial charge on any atom is 0.227 e. The van der Waals surface area contributed by atoms with Crippen LogP contribution in [0.4, 0.5) is 11.5 Å². The van der Waals surface area contributed by atoms with Crippen molar-refractivity contribution in [2.75, 3.05) is 23.3 Å². The maximum absolute atomic E-state index is 12.5. The van der Waals surface area contributed by atoms with Gasteiger partial charge in [0.05, 0.1) is 5.52 Å². The average molecular weight is 411 g/mol. The van der Waals surface area contributed by atoms with Gasteiger partial charge in [0.2, 0.25) is 5.91 Å². The van der Waals surface area contributed by atoms with Crippen LogP contribution in [0.15, 0.2) is 59.3 Å². The number of carbonyl (C=O) groups excluding carboxylic acids is 1. The predicted octanol–water partition coefficient (Wildman–Crippen LogP) is 4.25. The fourth-order valence-electron chi connectivity index (χ4n) is 3.37. The predicted molar refractivity (Wildman–Crippen MR) is 107 cm³/mol. The number of amides is 1. The largest absolute Gasteiger partial charge is 0.356 e. The number of nitrogens with zero attached hydrogens (tertiary/aromatic N) is 3. The van der Waals surface area contributed by atoms with E-state index in [1.54, 1.807) is 6.33 Å². The first-order valence-corrected chi connectivity index (χ1v) is 9.51. The van der Waals surface area contributed by atoms with Crippen molar-refractivity contribution < 1.29 is 4.79 Å². The van der Waals surface area contributed by atoms with E-state index in [1.165, 1.54) is 0 Å². The van der Waals surface area contributed by atoms with Crippen molar-refractivity contribution in [2.24, 2.45) is 5.92 Å². The molecule has 0 bridgehead atoms. The fraction of sp³-hybridized carbons (Fsp3) is 0.250. The van der Waals surface area contributed by atoms with E-state index < -0.39 is 0 Å². The third-order valence-corrected chi connectivity index (χ3v) is 5.33. The van der Waals surface area contributed by atoms with Gasteiger partial charge in [-0.25, -0.2) is 9.97 Å². The first kappa shape index (κ1) is 17.0. The molecule has 2 heterocycles. The normalized spacial score (nSPS) is 15.2. The van der Waals surface area contributed by atoms with E-state index in [0.29, 0.717) is 0 Å². The first-order chi connectivity index (χ1) is 12.7. The SMILES string of the molecule is O=C(Nc1ccc(Br)cc1)C1CCN(c2ncnc3ccccc23)CC1. The molecule has 3 aromatic rings. The molecule has 1 N–H and O–H groups in total. The summed E-state index contributed by atoms with van der Waals surface area (Å²) < 4.78 is 1.00. The van der Waals surface area contributed by atoms with Crippen molar-refractivity contribution in [1.82, 2.24) is 9.97 Å². The topological polar surface area (TPSA) is 58.1 Å². The van der Waals surface area contributed by atoms with Crippen molar-refractivity contribution in [1.29, 1.82) is 0 Å². The van der Waals surface area contributed by atoms with Crippen LogP contribution in [0.25, 0.3) is 10.9 Å². The lowest BCUT2D eigenvalue weighted by Gasteiger charge is -2.32. The van der Waals surface area contributed by atoms with Crippen LogP contribution in [0.3, 0.4) is 0 Å². The van der Waals surface area contributed by atoms with Gasteiger partial charge < -0.3 is 10.2 Å². The lowest BCUT2D eigenvalue weighted by molar-refractivity contribution is -0.120. The Bertz CT molecular complexity index is 915. The number of anilines is 2. The molecular formula is C20H19BrN4O. The molecule has 1 aromatic heterocycles. The summed E-state index contributed by atoms with van der Waals surface area (Å²) >= 11 is 3.41. The number of piperidine rings is 1. The zero-order valence-corrected chi connectivity index (χ0v) is 15.8. The van der Waals surface area contributed by atoms with Gasteiger partial charge >= 0.3 is 0 Å². The second-order valence-electron chi connectivity index (χ2n) is 6.47. The van der Waals surface area contributed by atoms with E-state index in [-0.39, 0.29) is 11.8 Å². The molecule has 0 spiro atoms. The highest BCUT2D eigenvalue weighted by Crippen LogP contribution is 2.28. The second-order valence-corrected chi connectivity index (χ2v) is 7.39. The standard InChI is InChI=1S/C20H19BrN4O/c21-15-5-7-16(8-6-15)24-20(26)14-9-11-25(12-10-14)19-17-3-1-2-4-18(17)22-13-23-19/h1-8,13-14H,9-12H2,(H,24,26). The van der Waals surface area contributed by atoms with Gasteiger partial charge in [-0.15, -0.1) is 0 Å². The third-order valence-electron chi connectivity index (χ3n) is 4.80. The zero-order valence-electron chi connectivity index (χ0n) is 14.2. The summed E-state index contributed by atoms with van der Waals surface area (Å²) in [6.07, 6.45) is 3.26. The Kier molecular flexibility index (Phi) is 4.84. The van der Waals surface area contributed by atoms with Crippen molar-refractivity contribution in [3.05, 3.63) is 59.3 Å². The Hall–Kier alpha value is -2.47. The fourth-order valence-corrected chi connectivity index (χ4v) is 3.64. The molecule has 6 heteroatoms. The van der Waals surface area contributed by atoms with Crippen molar-refractivity contribution in [3.8, 4) is 0 Å². The van der Waals surface area contributed by atoms with Crippen LogP contribution < -0.4 is 10.2 Å². The van der Waals surface area contributed by atoms with E-state index in [4.69, 9.17) is 0 Å². The smallest absolute Gasteiger partial charge is 0.227 e. The molecule has 132 valence electrons. The highest BCUT2D eigenvalue weighted by molar-refractivity contribution is 9.10. The molecule has 0 aliphatic carbocycles. The van der Waals surface area contributed by atoms with E-state index >= 15 is 0 Å². The molecule has 1 amide bonds. The van der Waals surface area contributed by atoms with E-state index in [9.17, 15) is 4.79 Å². The lowest BCUT2D eigenvalue weighted by Crippen LogP contribution is -2.38. The Balaban J connectivity index is 1.42. The Morgan fingerprint density at radius 1 is 1.04 bits per heavy atom. The van der Waals surface area contributed by atoms with Gasteiger partial charge in [0, 0.05) is 34.6 Å². The molecule has 5 nitrogen and oxygen atoms in total. The summed E-state index contributed by atoms with van der Waals surface area (Å²) in [5.74, 6) is 1.09. The summed E-state index contributed by atoms with van der Waals surface area (Å²) in [5, 5.41) is 4.08. The molecule has 1 fully saturated rings. The molecule has 2 aromatic carbocycles. The van der Waals surface area contributed by atoms with Crippen LogP contribution in [-0.4, -0.2) is 29.0 Å². The number of halogens is 1. The number of aromatic nitrogens is 2. The highest BCUT2D eigenvalue weighted by Gasteiger charge is 2.26. The molecule has 4 rings (SSSR count). The van der Waals surface area contributed by atoms with E-state index in [1.807, 2.05) is 42.5 Å². The Morgan fingerprint density at radius 2 is 1.77 bits per heavy atom. The number of benzene rings is 2. The van der Waals surface area contributed by atoms with Crippen LogP contribution in [0.1, 0.15) is 12.8 Å². The highest BCUT2D eigenvalue weighted by atomic mass is 79.9. The van der Waals surface area contributed by atoms with Gasteiger partial charge in [-0.2, -0.15) is 0 Å². The number of hydrogen-bond acceptors (Lipinski definition) is 4. The number of rotatable bonds is 3. The van der Waals surface area contributed by atoms with Gasteiger partial charge in [0.1, 0.15) is 12.1 Å². The number of carbonyl (C=O) groups is 1. The summed E-state index contributed by atoms with van der Waals surface area (Å²) in [6, 6.07) is 15.7. The first-order valence-electron chi connectivity index (χ1n) is 8.72. The average Bonchev–Trinajstić information content (AvgIpc) is 2.69. The molecule has 0 atom stereocenters. The second kappa shape index (κ2) is 7.41. The van der Waals surface area contributed by atoms with Gasteiger partial charge in [-0.3, -0.25) is 4.79 Å². The van der Waals surface area contributed by atoms with Gasteiger partial charge in [-0.05, 0) is 49.2 Å². The molecule has 0 saturated carbocycles. The Morgan fingerprint density at radius 3 is 2.54 bits per heavy atom. The van der Waals surface area contributed by atoms with Crippen molar-refractivity contribution in [2.45, 2.75) is 12.8 Å². The van der Waals surface area contributed by atoms with Crippen LogP contribution in [0, 0.1) is 5.92 Å². The number of hydrogen-bond donors (Lipinski definition) is 1. The number of nitrogens with one attached hydrogen (secondary N) is 1. The van der Waals surface area contributed by atoms with Gasteiger partial charge in [0.15, 0.2) is 0 Å². The minimum Gasteiger partial charge on any atom is -0.356 e. The summed E-state index contributed by atoms with van der Waals surface area (Å²) in [5.41, 5.74) is 1.79. The summed E-state index contributed by atoms with van der Waals surface area (Å²) in [7, 11) is 0. The lowest BCUT2D eigenvalue weighted by atomic mass is 9.95. The van der Waals surface area contributed by atoms with Crippen LogP contribution in [0.5, 0.6) is 0 Å². The Labute approximate surface area is 160 Å². The molecule has 0 unspecified atom stereocenters. The molecule has 1 aliphatic heterocycles. The molecule has 26 heavy (non-hydrogen) atoms.